The first-order valence-electron chi connectivity index (χ1n) is 4.76. The van der Waals surface area contributed by atoms with E-state index < -0.39 is 0 Å². The highest BCUT2D eigenvalue weighted by Gasteiger charge is 2.03. The van der Waals surface area contributed by atoms with Crippen molar-refractivity contribution < 1.29 is 0 Å². The summed E-state index contributed by atoms with van der Waals surface area (Å²) in [6.07, 6.45) is 1.69. The molecule has 0 saturated carbocycles. The van der Waals surface area contributed by atoms with Gasteiger partial charge in [-0.15, -0.1) is 0 Å². The fourth-order valence-electron chi connectivity index (χ4n) is 1.15. The molecule has 1 rings (SSSR count). The number of aliphatic imine (C=N–C) groups is 1. The molecule has 0 amide bonds. The van der Waals surface area contributed by atoms with Gasteiger partial charge in [0.15, 0.2) is 0 Å². The SMILES string of the molecule is CC(C)N=C(NN)c1ccn(C)c(=O)c1. The molecular weight excluding hydrogens is 192 g/mol. The van der Waals surface area contributed by atoms with Crippen LogP contribution in [0.2, 0.25) is 0 Å². The van der Waals surface area contributed by atoms with E-state index in [-0.39, 0.29) is 11.6 Å². The van der Waals surface area contributed by atoms with Crippen molar-refractivity contribution in [3.8, 4) is 0 Å². The number of hydrogen-bond donors (Lipinski definition) is 2. The molecule has 5 heteroatoms. The third kappa shape index (κ3) is 2.92. The van der Waals surface area contributed by atoms with Gasteiger partial charge < -0.3 is 9.99 Å². The maximum atomic E-state index is 11.4. The normalized spacial score (nSPS) is 11.9. The Bertz CT molecular complexity index is 420. The quantitative estimate of drug-likeness (QED) is 0.311. The van der Waals surface area contributed by atoms with Gasteiger partial charge in [0.05, 0.1) is 0 Å². The lowest BCUT2D eigenvalue weighted by Gasteiger charge is -2.07. The van der Waals surface area contributed by atoms with Crippen LogP contribution in [0.5, 0.6) is 0 Å². The van der Waals surface area contributed by atoms with E-state index in [1.54, 1.807) is 19.3 Å². The molecule has 0 fully saturated rings. The van der Waals surface area contributed by atoms with Gasteiger partial charge in [0.25, 0.3) is 5.56 Å². The Labute approximate surface area is 88.6 Å². The maximum Gasteiger partial charge on any atom is 0.250 e. The highest BCUT2D eigenvalue weighted by molar-refractivity contribution is 5.98. The van der Waals surface area contributed by atoms with Crippen LogP contribution < -0.4 is 16.8 Å². The predicted octanol–water partition coefficient (Wildman–Crippen LogP) is 0.00360. The number of aryl methyl sites for hydroxylation is 1. The van der Waals surface area contributed by atoms with Crippen LogP contribution in [0.3, 0.4) is 0 Å². The first-order chi connectivity index (χ1) is 7.04. The standard InChI is InChI=1S/C10H16N4O/c1-7(2)12-10(13-11)8-4-5-14(3)9(15)6-8/h4-7H,11H2,1-3H3,(H,12,13). The second kappa shape index (κ2) is 4.75. The van der Waals surface area contributed by atoms with Gasteiger partial charge in [-0.25, -0.2) is 5.84 Å². The fourth-order valence-corrected chi connectivity index (χ4v) is 1.15. The van der Waals surface area contributed by atoms with E-state index in [1.807, 2.05) is 13.8 Å². The van der Waals surface area contributed by atoms with Crippen LogP contribution in [0.15, 0.2) is 28.1 Å². The summed E-state index contributed by atoms with van der Waals surface area (Å²) >= 11 is 0. The lowest BCUT2D eigenvalue weighted by atomic mass is 10.2. The molecule has 0 bridgehead atoms. The number of pyridine rings is 1. The van der Waals surface area contributed by atoms with Gasteiger partial charge >= 0.3 is 0 Å². The third-order valence-electron chi connectivity index (χ3n) is 1.90. The van der Waals surface area contributed by atoms with E-state index in [0.717, 1.165) is 0 Å². The van der Waals surface area contributed by atoms with Gasteiger partial charge in [0.1, 0.15) is 5.84 Å². The average molecular weight is 208 g/mol. The molecule has 0 unspecified atom stereocenters. The first-order valence-corrected chi connectivity index (χ1v) is 4.76. The highest BCUT2D eigenvalue weighted by atomic mass is 16.1. The summed E-state index contributed by atoms with van der Waals surface area (Å²) < 4.78 is 1.49. The minimum absolute atomic E-state index is 0.0841. The van der Waals surface area contributed by atoms with Gasteiger partial charge in [0.2, 0.25) is 0 Å². The van der Waals surface area contributed by atoms with Crippen molar-refractivity contribution in [2.45, 2.75) is 19.9 Å². The molecule has 3 N–H and O–H groups in total. The molecule has 0 aliphatic heterocycles. The Morgan fingerprint density at radius 3 is 2.73 bits per heavy atom. The molecule has 0 atom stereocenters. The summed E-state index contributed by atoms with van der Waals surface area (Å²) in [6.45, 7) is 3.89. The van der Waals surface area contributed by atoms with Crippen molar-refractivity contribution in [3.05, 3.63) is 34.2 Å². The second-order valence-electron chi connectivity index (χ2n) is 3.58. The van der Waals surface area contributed by atoms with E-state index in [4.69, 9.17) is 5.84 Å². The average Bonchev–Trinajstić information content (AvgIpc) is 2.18. The molecule has 1 heterocycles. The van der Waals surface area contributed by atoms with Crippen molar-refractivity contribution in [1.82, 2.24) is 9.99 Å². The van der Waals surface area contributed by atoms with Crippen LogP contribution in [0.25, 0.3) is 0 Å². The van der Waals surface area contributed by atoms with E-state index in [2.05, 4.69) is 10.4 Å². The number of nitrogens with zero attached hydrogens (tertiary/aromatic N) is 2. The molecule has 0 aliphatic rings. The number of nitrogens with two attached hydrogens (primary N) is 1. The highest BCUT2D eigenvalue weighted by Crippen LogP contribution is 1.97. The van der Waals surface area contributed by atoms with Crippen LogP contribution in [0, 0.1) is 0 Å². The largest absolute Gasteiger partial charge is 0.319 e. The summed E-state index contributed by atoms with van der Waals surface area (Å²) in [5.74, 6) is 5.88. The van der Waals surface area contributed by atoms with E-state index >= 15 is 0 Å². The van der Waals surface area contributed by atoms with Crippen molar-refractivity contribution in [3.63, 3.8) is 0 Å². The topological polar surface area (TPSA) is 72.4 Å². The lowest BCUT2D eigenvalue weighted by molar-refractivity contribution is 0.817. The lowest BCUT2D eigenvalue weighted by Crippen LogP contribution is -2.33. The molecule has 1 aromatic heterocycles. The van der Waals surface area contributed by atoms with Crippen molar-refractivity contribution in [2.24, 2.45) is 17.9 Å². The molecule has 0 saturated heterocycles. The van der Waals surface area contributed by atoms with Crippen LogP contribution in [0.1, 0.15) is 19.4 Å². The zero-order chi connectivity index (χ0) is 11.4. The van der Waals surface area contributed by atoms with Gasteiger partial charge in [-0.2, -0.15) is 0 Å². The van der Waals surface area contributed by atoms with E-state index in [9.17, 15) is 4.79 Å². The summed E-state index contributed by atoms with van der Waals surface area (Å²) in [6, 6.07) is 3.42. The van der Waals surface area contributed by atoms with E-state index in [1.165, 1.54) is 10.6 Å². The Balaban J connectivity index is 3.14. The molecule has 0 aliphatic carbocycles. The minimum Gasteiger partial charge on any atom is -0.319 e. The number of nitrogens with one attached hydrogen (secondary N) is 1. The molecule has 0 spiro atoms. The molecule has 1 aromatic rings. The van der Waals surface area contributed by atoms with Crippen molar-refractivity contribution in [2.75, 3.05) is 0 Å². The first kappa shape index (κ1) is 11.5. The Kier molecular flexibility index (Phi) is 3.62. The summed E-state index contributed by atoms with van der Waals surface area (Å²) in [5.41, 5.74) is 3.12. The summed E-state index contributed by atoms with van der Waals surface area (Å²) in [5, 5.41) is 0. The zero-order valence-electron chi connectivity index (χ0n) is 9.19. The van der Waals surface area contributed by atoms with Gasteiger partial charge in [-0.1, -0.05) is 0 Å². The van der Waals surface area contributed by atoms with Crippen LogP contribution in [0.4, 0.5) is 0 Å². The maximum absolute atomic E-state index is 11.4. The molecule has 0 aromatic carbocycles. The van der Waals surface area contributed by atoms with Gasteiger partial charge in [0, 0.05) is 30.9 Å². The minimum atomic E-state index is -0.0841. The Hall–Kier alpha value is -1.62. The molecular formula is C10H16N4O. The van der Waals surface area contributed by atoms with Gasteiger partial charge in [-0.3, -0.25) is 9.79 Å². The predicted molar refractivity (Wildman–Crippen MR) is 60.7 cm³/mol. The Morgan fingerprint density at radius 1 is 1.60 bits per heavy atom. The summed E-state index contributed by atoms with van der Waals surface area (Å²) in [4.78, 5) is 15.7. The van der Waals surface area contributed by atoms with Crippen molar-refractivity contribution >= 4 is 5.84 Å². The van der Waals surface area contributed by atoms with Gasteiger partial charge in [-0.05, 0) is 19.9 Å². The molecule has 15 heavy (non-hydrogen) atoms. The number of hydrogen-bond acceptors (Lipinski definition) is 3. The second-order valence-corrected chi connectivity index (χ2v) is 3.58. The summed E-state index contributed by atoms with van der Waals surface area (Å²) in [7, 11) is 1.70. The fraction of sp³-hybridized carbons (Fsp3) is 0.400. The number of hydrazine groups is 1. The smallest absolute Gasteiger partial charge is 0.250 e. The number of amidine groups is 1. The number of aromatic nitrogens is 1. The zero-order valence-corrected chi connectivity index (χ0v) is 9.19. The molecule has 5 nitrogen and oxygen atoms in total. The van der Waals surface area contributed by atoms with Crippen LogP contribution in [-0.4, -0.2) is 16.4 Å². The van der Waals surface area contributed by atoms with E-state index in [0.29, 0.717) is 11.4 Å². The van der Waals surface area contributed by atoms with Crippen molar-refractivity contribution in [1.29, 1.82) is 0 Å². The molecule has 82 valence electrons. The third-order valence-corrected chi connectivity index (χ3v) is 1.90. The molecule has 0 radical (unpaired) electrons. The number of rotatable bonds is 2. The van der Waals surface area contributed by atoms with Crippen LogP contribution in [-0.2, 0) is 7.05 Å². The van der Waals surface area contributed by atoms with Crippen LogP contribution >= 0.6 is 0 Å². The monoisotopic (exact) mass is 208 g/mol. The Morgan fingerprint density at radius 2 is 2.27 bits per heavy atom.